The minimum Gasteiger partial charge on any atom is -0.461 e. The highest BCUT2D eigenvalue weighted by molar-refractivity contribution is 8.10. The average molecular weight is 233 g/mol. The van der Waals surface area contributed by atoms with E-state index in [1.54, 1.807) is 18.7 Å². The second-order valence-corrected chi connectivity index (χ2v) is 4.48. The van der Waals surface area contributed by atoms with Gasteiger partial charge in [0.25, 0.3) is 0 Å². The van der Waals surface area contributed by atoms with Crippen LogP contribution in [0.3, 0.4) is 0 Å². The number of esters is 1. The van der Waals surface area contributed by atoms with Crippen LogP contribution in [0.1, 0.15) is 6.92 Å². The lowest BCUT2D eigenvalue weighted by Gasteiger charge is -2.11. The molecule has 1 rings (SSSR count). The van der Waals surface area contributed by atoms with E-state index in [4.69, 9.17) is 9.94 Å². The largest absolute Gasteiger partial charge is 0.461 e. The minimum absolute atomic E-state index is 0.00375. The molecule has 1 aliphatic rings. The van der Waals surface area contributed by atoms with Gasteiger partial charge in [0.05, 0.1) is 11.5 Å². The Labute approximate surface area is 90.8 Å². The monoisotopic (exact) mass is 233 g/mol. The number of hydrogen-bond acceptors (Lipinski definition) is 6. The van der Waals surface area contributed by atoms with Crippen LogP contribution in [0.15, 0.2) is 15.5 Å². The number of oxime groups is 1. The van der Waals surface area contributed by atoms with Crippen LogP contribution < -0.4 is 0 Å². The van der Waals surface area contributed by atoms with Crippen LogP contribution in [0.2, 0.25) is 0 Å². The van der Waals surface area contributed by atoms with Crippen molar-refractivity contribution in [3.05, 3.63) is 10.3 Å². The summed E-state index contributed by atoms with van der Waals surface area (Å²) in [6.45, 7) is 1.99. The van der Waals surface area contributed by atoms with Gasteiger partial charge in [-0.25, -0.2) is 4.79 Å². The van der Waals surface area contributed by atoms with Crippen LogP contribution >= 0.6 is 23.5 Å². The lowest BCUT2D eigenvalue weighted by Crippen LogP contribution is -2.19. The van der Waals surface area contributed by atoms with Crippen molar-refractivity contribution in [3.63, 3.8) is 0 Å². The van der Waals surface area contributed by atoms with E-state index in [0.29, 0.717) is 4.91 Å². The molecule has 0 fully saturated rings. The third-order valence-electron chi connectivity index (χ3n) is 1.45. The fourth-order valence-electron chi connectivity index (χ4n) is 0.883. The van der Waals surface area contributed by atoms with Crippen molar-refractivity contribution in [2.45, 2.75) is 6.92 Å². The highest BCUT2D eigenvalue weighted by atomic mass is 32.2. The Bertz CT molecular complexity index is 276. The van der Waals surface area contributed by atoms with Crippen LogP contribution in [0.5, 0.6) is 0 Å². The zero-order valence-electron chi connectivity index (χ0n) is 7.73. The molecule has 0 atom stereocenters. The van der Waals surface area contributed by atoms with Gasteiger partial charge in [-0.2, -0.15) is 0 Å². The van der Waals surface area contributed by atoms with E-state index in [-0.39, 0.29) is 12.3 Å². The molecule has 4 nitrogen and oxygen atoms in total. The van der Waals surface area contributed by atoms with E-state index >= 15 is 0 Å². The van der Waals surface area contributed by atoms with E-state index in [0.717, 1.165) is 11.5 Å². The number of ether oxygens (including phenoxy) is 1. The Morgan fingerprint density at radius 3 is 3.00 bits per heavy atom. The molecule has 78 valence electrons. The molecule has 0 aliphatic carbocycles. The standard InChI is InChI=1S/C8H11NO3S2/c1-2-12-8(10)7(9-11)6-5-13-3-4-14-6/h5,11H,2-4H2,1H3. The van der Waals surface area contributed by atoms with E-state index in [1.165, 1.54) is 11.8 Å². The van der Waals surface area contributed by atoms with Crippen LogP contribution in [0, 0.1) is 0 Å². The van der Waals surface area contributed by atoms with Crippen LogP contribution in [-0.2, 0) is 9.53 Å². The molecule has 0 bridgehead atoms. The maximum atomic E-state index is 11.3. The molecule has 0 saturated heterocycles. The fraction of sp³-hybridized carbons (Fsp3) is 0.500. The van der Waals surface area contributed by atoms with Gasteiger partial charge in [-0.15, -0.1) is 23.5 Å². The predicted octanol–water partition coefficient (Wildman–Crippen LogP) is 1.70. The van der Waals surface area contributed by atoms with Gasteiger partial charge < -0.3 is 9.94 Å². The quantitative estimate of drug-likeness (QED) is 0.348. The van der Waals surface area contributed by atoms with Gasteiger partial charge in [-0.3, -0.25) is 0 Å². The molecule has 1 aliphatic heterocycles. The molecule has 0 aromatic carbocycles. The zero-order valence-corrected chi connectivity index (χ0v) is 9.36. The number of thioether (sulfide) groups is 2. The summed E-state index contributed by atoms with van der Waals surface area (Å²) < 4.78 is 4.75. The van der Waals surface area contributed by atoms with Crippen molar-refractivity contribution in [1.29, 1.82) is 0 Å². The molecule has 0 aromatic heterocycles. The molecule has 0 radical (unpaired) electrons. The third-order valence-corrected chi connectivity index (χ3v) is 3.73. The summed E-state index contributed by atoms with van der Waals surface area (Å²) in [6, 6.07) is 0. The second-order valence-electron chi connectivity index (χ2n) is 2.37. The van der Waals surface area contributed by atoms with Gasteiger partial charge in [-0.05, 0) is 12.3 Å². The molecular formula is C8H11NO3S2. The summed E-state index contributed by atoms with van der Waals surface area (Å²) in [5.74, 6) is 1.35. The summed E-state index contributed by atoms with van der Waals surface area (Å²) >= 11 is 3.10. The SMILES string of the molecule is CCOC(=O)C(=NO)C1=CSCCS1. The smallest absolute Gasteiger partial charge is 0.361 e. The highest BCUT2D eigenvalue weighted by Gasteiger charge is 2.20. The molecule has 1 heterocycles. The maximum Gasteiger partial charge on any atom is 0.361 e. The maximum absolute atomic E-state index is 11.3. The minimum atomic E-state index is -0.573. The Hall–Kier alpha value is -0.620. The first-order chi connectivity index (χ1) is 6.79. The van der Waals surface area contributed by atoms with Crippen LogP contribution in [0.4, 0.5) is 0 Å². The molecule has 0 saturated carbocycles. The first-order valence-electron chi connectivity index (χ1n) is 4.13. The Kier molecular flexibility index (Phi) is 4.89. The summed E-state index contributed by atoms with van der Waals surface area (Å²) in [6.07, 6.45) is 0. The summed E-state index contributed by atoms with van der Waals surface area (Å²) in [7, 11) is 0. The van der Waals surface area contributed by atoms with Gasteiger partial charge in [-0.1, -0.05) is 5.16 Å². The van der Waals surface area contributed by atoms with Crippen molar-refractivity contribution >= 4 is 35.2 Å². The number of carbonyl (C=O) groups excluding carboxylic acids is 1. The number of hydrogen-bond donors (Lipinski definition) is 1. The van der Waals surface area contributed by atoms with E-state index in [9.17, 15) is 4.79 Å². The Morgan fingerprint density at radius 1 is 1.71 bits per heavy atom. The zero-order chi connectivity index (χ0) is 10.4. The normalized spacial score (nSPS) is 17.5. The number of nitrogens with zero attached hydrogens (tertiary/aromatic N) is 1. The van der Waals surface area contributed by atoms with Crippen molar-refractivity contribution < 1.29 is 14.7 Å². The van der Waals surface area contributed by atoms with Gasteiger partial charge >= 0.3 is 5.97 Å². The first kappa shape index (κ1) is 11.5. The molecule has 0 spiro atoms. The third kappa shape index (κ3) is 2.95. The van der Waals surface area contributed by atoms with Gasteiger partial charge in [0.2, 0.25) is 5.71 Å². The summed E-state index contributed by atoms with van der Waals surface area (Å²) in [5.41, 5.74) is 0.00375. The van der Waals surface area contributed by atoms with Crippen molar-refractivity contribution in [2.24, 2.45) is 5.16 Å². The molecule has 0 unspecified atom stereocenters. The topological polar surface area (TPSA) is 58.9 Å². The molecule has 0 amide bonds. The predicted molar refractivity (Wildman–Crippen MR) is 58.9 cm³/mol. The molecular weight excluding hydrogens is 222 g/mol. The van der Waals surface area contributed by atoms with E-state index < -0.39 is 5.97 Å². The highest BCUT2D eigenvalue weighted by Crippen LogP contribution is 2.27. The molecule has 1 N–H and O–H groups in total. The molecule has 14 heavy (non-hydrogen) atoms. The second kappa shape index (κ2) is 5.98. The fourth-order valence-corrected chi connectivity index (χ4v) is 2.94. The number of carbonyl (C=O) groups is 1. The van der Waals surface area contributed by atoms with E-state index in [2.05, 4.69) is 5.16 Å². The van der Waals surface area contributed by atoms with Crippen LogP contribution in [0.25, 0.3) is 0 Å². The van der Waals surface area contributed by atoms with Gasteiger partial charge in [0.1, 0.15) is 0 Å². The first-order valence-corrected chi connectivity index (χ1v) is 6.17. The Morgan fingerprint density at radius 2 is 2.50 bits per heavy atom. The van der Waals surface area contributed by atoms with Crippen molar-refractivity contribution in [2.75, 3.05) is 18.1 Å². The number of rotatable bonds is 3. The van der Waals surface area contributed by atoms with Crippen molar-refractivity contribution in [3.8, 4) is 0 Å². The Balaban J connectivity index is 2.71. The van der Waals surface area contributed by atoms with E-state index in [1.807, 2.05) is 5.41 Å². The lowest BCUT2D eigenvalue weighted by atomic mass is 10.4. The summed E-state index contributed by atoms with van der Waals surface area (Å²) in [5, 5.41) is 13.5. The molecule has 6 heteroatoms. The average Bonchev–Trinajstić information content (AvgIpc) is 2.21. The van der Waals surface area contributed by atoms with Crippen molar-refractivity contribution in [1.82, 2.24) is 0 Å². The van der Waals surface area contributed by atoms with Gasteiger partial charge in [0, 0.05) is 11.5 Å². The molecule has 0 aromatic rings. The van der Waals surface area contributed by atoms with Gasteiger partial charge in [0.15, 0.2) is 0 Å². The lowest BCUT2D eigenvalue weighted by molar-refractivity contribution is -0.135. The summed E-state index contributed by atoms with van der Waals surface area (Å²) in [4.78, 5) is 12.0. The van der Waals surface area contributed by atoms with Crippen LogP contribution in [-0.4, -0.2) is 35.0 Å².